The summed E-state index contributed by atoms with van der Waals surface area (Å²) in [5.74, 6) is 0. The van der Waals surface area contributed by atoms with Crippen LogP contribution in [0.15, 0.2) is 85.5 Å². The minimum atomic E-state index is 0.922. The van der Waals surface area contributed by atoms with E-state index in [1.807, 2.05) is 24.7 Å². The van der Waals surface area contributed by atoms with Gasteiger partial charge in [0.25, 0.3) is 0 Å². The van der Waals surface area contributed by atoms with E-state index in [4.69, 9.17) is 4.98 Å². The summed E-state index contributed by atoms with van der Waals surface area (Å²) in [6.07, 6.45) is 7.47. The number of benzene rings is 3. The third kappa shape index (κ3) is 2.46. The summed E-state index contributed by atoms with van der Waals surface area (Å²) in [6, 6.07) is 21.7. The van der Waals surface area contributed by atoms with Crippen LogP contribution in [0.4, 0.5) is 0 Å². The molecule has 0 saturated heterocycles. The van der Waals surface area contributed by atoms with Crippen molar-refractivity contribution < 1.29 is 0 Å². The summed E-state index contributed by atoms with van der Waals surface area (Å²) < 4.78 is 2.18. The van der Waals surface area contributed by atoms with Gasteiger partial charge in [-0.15, -0.1) is 0 Å². The number of H-pyrrole nitrogens is 1. The van der Waals surface area contributed by atoms with E-state index in [-0.39, 0.29) is 0 Å². The van der Waals surface area contributed by atoms with Gasteiger partial charge in [0.1, 0.15) is 5.65 Å². The Hall–Kier alpha value is -4.77. The molecule has 0 bridgehead atoms. The summed E-state index contributed by atoms with van der Waals surface area (Å²) in [5, 5.41) is 5.88. The standard InChI is InChI=1S/C31H21N5/c1-17-5-3-4-6-19(17)23-14-26-24(13-18(23)2)20-7-8-22-29(30(20)34-26)21-9-11-32-15-27(21)36-28-16-33-12-10-25(28)35-31(22)36/h3-16,34H,1-2H3. The molecule has 36 heavy (non-hydrogen) atoms. The van der Waals surface area contributed by atoms with E-state index in [2.05, 4.69) is 87.8 Å². The number of imidazole rings is 1. The van der Waals surface area contributed by atoms with Gasteiger partial charge >= 0.3 is 0 Å². The molecule has 5 heterocycles. The Bertz CT molecular complexity index is 2180. The van der Waals surface area contributed by atoms with Gasteiger partial charge in [-0.1, -0.05) is 30.3 Å². The first kappa shape index (κ1) is 19.5. The van der Waals surface area contributed by atoms with Crippen molar-refractivity contribution in [2.24, 2.45) is 0 Å². The number of rotatable bonds is 1. The molecule has 3 aromatic carbocycles. The normalized spacial score (nSPS) is 12.2. The SMILES string of the molecule is Cc1ccccc1-c1cc2[nH]c3c(ccc4c3c3ccncc3n3c5cnccc5nc43)c2cc1C. The van der Waals surface area contributed by atoms with E-state index in [9.17, 15) is 0 Å². The van der Waals surface area contributed by atoms with Gasteiger partial charge in [0.15, 0.2) is 0 Å². The molecular weight excluding hydrogens is 442 g/mol. The first-order valence-electron chi connectivity index (χ1n) is 12.1. The number of hydrogen-bond acceptors (Lipinski definition) is 3. The fourth-order valence-corrected chi connectivity index (χ4v) is 5.88. The predicted molar refractivity (Wildman–Crippen MR) is 148 cm³/mol. The highest BCUT2D eigenvalue weighted by Gasteiger charge is 2.18. The van der Waals surface area contributed by atoms with Crippen LogP contribution in [0.1, 0.15) is 11.1 Å². The Labute approximate surface area is 206 Å². The van der Waals surface area contributed by atoms with E-state index in [1.165, 1.54) is 38.4 Å². The lowest BCUT2D eigenvalue weighted by Crippen LogP contribution is -1.93. The number of nitrogens with zero attached hydrogens (tertiary/aromatic N) is 4. The summed E-state index contributed by atoms with van der Waals surface area (Å²) in [6.45, 7) is 4.38. The monoisotopic (exact) mass is 463 g/mol. The molecule has 5 heteroatoms. The van der Waals surface area contributed by atoms with Crippen molar-refractivity contribution in [3.63, 3.8) is 0 Å². The fraction of sp³-hybridized carbons (Fsp3) is 0.0645. The van der Waals surface area contributed by atoms with E-state index < -0.39 is 0 Å². The molecular formula is C31H21N5. The molecule has 0 amide bonds. The van der Waals surface area contributed by atoms with Crippen molar-refractivity contribution in [3.05, 3.63) is 96.6 Å². The van der Waals surface area contributed by atoms with Gasteiger partial charge < -0.3 is 4.98 Å². The molecule has 0 aliphatic heterocycles. The van der Waals surface area contributed by atoms with Crippen LogP contribution in [0.3, 0.4) is 0 Å². The van der Waals surface area contributed by atoms with Crippen LogP contribution < -0.4 is 0 Å². The van der Waals surface area contributed by atoms with Crippen LogP contribution in [-0.2, 0) is 0 Å². The lowest BCUT2D eigenvalue weighted by molar-refractivity contribution is 1.25. The molecule has 0 radical (unpaired) electrons. The number of hydrogen-bond donors (Lipinski definition) is 1. The molecule has 1 N–H and O–H groups in total. The Balaban J connectivity index is 1.55. The van der Waals surface area contributed by atoms with Crippen LogP contribution >= 0.6 is 0 Å². The number of nitrogens with one attached hydrogen (secondary N) is 1. The van der Waals surface area contributed by atoms with E-state index in [0.717, 1.165) is 44.0 Å². The predicted octanol–water partition coefficient (Wildman–Crippen LogP) is 7.50. The molecule has 0 spiro atoms. The smallest absolute Gasteiger partial charge is 0.146 e. The van der Waals surface area contributed by atoms with E-state index in [1.54, 1.807) is 6.20 Å². The highest BCUT2D eigenvalue weighted by Crippen LogP contribution is 2.40. The second kappa shape index (κ2) is 6.89. The van der Waals surface area contributed by atoms with Crippen LogP contribution in [0.2, 0.25) is 0 Å². The second-order valence-electron chi connectivity index (χ2n) is 9.59. The molecule has 0 saturated carbocycles. The van der Waals surface area contributed by atoms with Crippen LogP contribution in [0.5, 0.6) is 0 Å². The third-order valence-corrected chi connectivity index (χ3v) is 7.56. The van der Waals surface area contributed by atoms with Gasteiger partial charge in [0, 0.05) is 44.8 Å². The van der Waals surface area contributed by atoms with Crippen molar-refractivity contribution >= 4 is 60.2 Å². The molecule has 0 aliphatic carbocycles. The molecule has 8 rings (SSSR count). The largest absolute Gasteiger partial charge is 0.354 e. The van der Waals surface area contributed by atoms with Crippen molar-refractivity contribution in [3.8, 4) is 11.1 Å². The molecule has 5 nitrogen and oxygen atoms in total. The topological polar surface area (TPSA) is 58.9 Å². The highest BCUT2D eigenvalue weighted by atomic mass is 15.0. The summed E-state index contributed by atoms with van der Waals surface area (Å²) >= 11 is 0. The lowest BCUT2D eigenvalue weighted by Gasteiger charge is -2.10. The number of aromatic nitrogens is 5. The van der Waals surface area contributed by atoms with Crippen molar-refractivity contribution in [2.75, 3.05) is 0 Å². The minimum Gasteiger partial charge on any atom is -0.354 e. The number of pyridine rings is 3. The maximum Gasteiger partial charge on any atom is 0.146 e. The van der Waals surface area contributed by atoms with Crippen LogP contribution in [-0.4, -0.2) is 24.3 Å². The summed E-state index contributed by atoms with van der Waals surface area (Å²) in [5.41, 5.74) is 11.2. The van der Waals surface area contributed by atoms with Crippen molar-refractivity contribution in [2.45, 2.75) is 13.8 Å². The zero-order valence-corrected chi connectivity index (χ0v) is 19.9. The Morgan fingerprint density at radius 3 is 2.39 bits per heavy atom. The third-order valence-electron chi connectivity index (χ3n) is 7.56. The van der Waals surface area contributed by atoms with Gasteiger partial charge in [0.2, 0.25) is 0 Å². The molecule has 170 valence electrons. The zero-order valence-electron chi connectivity index (χ0n) is 19.9. The Kier molecular flexibility index (Phi) is 3.74. The van der Waals surface area contributed by atoms with E-state index >= 15 is 0 Å². The quantitative estimate of drug-likeness (QED) is 0.256. The maximum atomic E-state index is 5.01. The Morgan fingerprint density at radius 2 is 1.50 bits per heavy atom. The summed E-state index contributed by atoms with van der Waals surface area (Å²) in [4.78, 5) is 17.6. The number of fused-ring (bicyclic) bond motifs is 12. The van der Waals surface area contributed by atoms with Gasteiger partial charge in [0.05, 0.1) is 34.5 Å². The lowest BCUT2D eigenvalue weighted by atomic mass is 9.95. The second-order valence-corrected chi connectivity index (χ2v) is 9.59. The minimum absolute atomic E-state index is 0.922. The highest BCUT2D eigenvalue weighted by molar-refractivity contribution is 6.27. The average molecular weight is 464 g/mol. The first-order valence-corrected chi connectivity index (χ1v) is 12.1. The van der Waals surface area contributed by atoms with Crippen molar-refractivity contribution in [1.82, 2.24) is 24.3 Å². The number of aryl methyl sites for hydroxylation is 2. The van der Waals surface area contributed by atoms with E-state index in [0.29, 0.717) is 0 Å². The maximum absolute atomic E-state index is 5.01. The molecule has 0 atom stereocenters. The average Bonchev–Trinajstić information content (AvgIpc) is 3.47. The molecule has 5 aromatic heterocycles. The molecule has 0 aliphatic rings. The van der Waals surface area contributed by atoms with Gasteiger partial charge in [-0.3, -0.25) is 14.4 Å². The molecule has 0 fully saturated rings. The first-order chi connectivity index (χ1) is 17.7. The van der Waals surface area contributed by atoms with Crippen LogP contribution in [0.25, 0.3) is 71.3 Å². The van der Waals surface area contributed by atoms with Gasteiger partial charge in [-0.25, -0.2) is 4.98 Å². The molecule has 0 unspecified atom stereocenters. The molecule has 8 aromatic rings. The zero-order chi connectivity index (χ0) is 24.0. The summed E-state index contributed by atoms with van der Waals surface area (Å²) in [7, 11) is 0. The van der Waals surface area contributed by atoms with Gasteiger partial charge in [-0.2, -0.15) is 0 Å². The van der Waals surface area contributed by atoms with Crippen molar-refractivity contribution in [1.29, 1.82) is 0 Å². The van der Waals surface area contributed by atoms with Gasteiger partial charge in [-0.05, 0) is 66.4 Å². The fourth-order valence-electron chi connectivity index (χ4n) is 5.88. The van der Waals surface area contributed by atoms with Crippen LogP contribution in [0, 0.1) is 13.8 Å². The Morgan fingerprint density at radius 1 is 0.694 bits per heavy atom. The number of aromatic amines is 1.